The smallest absolute Gasteiger partial charge is 0.231 e. The van der Waals surface area contributed by atoms with Crippen LogP contribution in [0.25, 0.3) is 0 Å². The standard InChI is InChI=1S/C6H14N2O2S/c1-11(10)4-2-3-8-5-6(7)9/h8H,2-5H2,1H3,(H2,7,9). The van der Waals surface area contributed by atoms with Gasteiger partial charge in [0.1, 0.15) is 0 Å². The molecule has 1 atom stereocenters. The van der Waals surface area contributed by atoms with Crippen LogP contribution >= 0.6 is 0 Å². The van der Waals surface area contributed by atoms with E-state index in [1.165, 1.54) is 0 Å². The molecule has 0 aromatic carbocycles. The van der Waals surface area contributed by atoms with Gasteiger partial charge in [-0.2, -0.15) is 0 Å². The van der Waals surface area contributed by atoms with Gasteiger partial charge in [0.2, 0.25) is 5.91 Å². The molecule has 0 aromatic heterocycles. The Hall–Kier alpha value is -0.420. The number of rotatable bonds is 6. The predicted molar refractivity (Wildman–Crippen MR) is 45.6 cm³/mol. The molecule has 5 heteroatoms. The Kier molecular flexibility index (Phi) is 6.06. The van der Waals surface area contributed by atoms with Gasteiger partial charge in [-0.3, -0.25) is 9.00 Å². The molecule has 4 nitrogen and oxygen atoms in total. The van der Waals surface area contributed by atoms with Crippen molar-refractivity contribution in [2.45, 2.75) is 6.42 Å². The van der Waals surface area contributed by atoms with E-state index in [-0.39, 0.29) is 12.5 Å². The van der Waals surface area contributed by atoms with Crippen molar-refractivity contribution in [3.05, 3.63) is 0 Å². The van der Waals surface area contributed by atoms with Crippen LogP contribution in [0.4, 0.5) is 0 Å². The van der Waals surface area contributed by atoms with Gasteiger partial charge in [0, 0.05) is 22.8 Å². The molecule has 11 heavy (non-hydrogen) atoms. The summed E-state index contributed by atoms with van der Waals surface area (Å²) in [4.78, 5) is 10.2. The average molecular weight is 178 g/mol. The summed E-state index contributed by atoms with van der Waals surface area (Å²) < 4.78 is 10.5. The Morgan fingerprint density at radius 1 is 1.64 bits per heavy atom. The zero-order chi connectivity index (χ0) is 8.69. The van der Waals surface area contributed by atoms with Crippen LogP contribution in [-0.4, -0.2) is 35.2 Å². The lowest BCUT2D eigenvalue weighted by Gasteiger charge is -1.99. The van der Waals surface area contributed by atoms with Crippen molar-refractivity contribution in [1.29, 1.82) is 0 Å². The predicted octanol–water partition coefficient (Wildman–Crippen LogP) is -1.17. The van der Waals surface area contributed by atoms with Gasteiger partial charge in [0.05, 0.1) is 6.54 Å². The lowest BCUT2D eigenvalue weighted by atomic mass is 10.4. The maximum absolute atomic E-state index is 10.5. The van der Waals surface area contributed by atoms with Crippen molar-refractivity contribution in [2.24, 2.45) is 5.73 Å². The van der Waals surface area contributed by atoms with Gasteiger partial charge in [-0.25, -0.2) is 0 Å². The van der Waals surface area contributed by atoms with Gasteiger partial charge in [0.25, 0.3) is 0 Å². The molecule has 0 aliphatic heterocycles. The molecule has 66 valence electrons. The van der Waals surface area contributed by atoms with Crippen molar-refractivity contribution in [3.63, 3.8) is 0 Å². The molecule has 0 aromatic rings. The number of primary amides is 1. The van der Waals surface area contributed by atoms with Gasteiger partial charge in [-0.1, -0.05) is 0 Å². The van der Waals surface area contributed by atoms with Crippen molar-refractivity contribution in [2.75, 3.05) is 25.1 Å². The molecule has 0 saturated carbocycles. The number of carbonyl (C=O) groups excluding carboxylic acids is 1. The largest absolute Gasteiger partial charge is 0.369 e. The van der Waals surface area contributed by atoms with Gasteiger partial charge in [0.15, 0.2) is 0 Å². The highest BCUT2D eigenvalue weighted by atomic mass is 32.2. The third kappa shape index (κ3) is 9.58. The summed E-state index contributed by atoms with van der Waals surface area (Å²) in [5, 5.41) is 2.83. The summed E-state index contributed by atoms with van der Waals surface area (Å²) >= 11 is 0. The molecule has 0 spiro atoms. The first kappa shape index (κ1) is 10.6. The minimum atomic E-state index is -0.736. The number of nitrogens with two attached hydrogens (primary N) is 1. The van der Waals surface area contributed by atoms with Crippen molar-refractivity contribution in [3.8, 4) is 0 Å². The third-order valence-electron chi connectivity index (χ3n) is 1.08. The molecule has 1 unspecified atom stereocenters. The molecule has 0 aliphatic rings. The third-order valence-corrected chi connectivity index (χ3v) is 1.95. The number of nitrogens with one attached hydrogen (secondary N) is 1. The summed E-state index contributed by atoms with van der Waals surface area (Å²) in [6, 6.07) is 0. The van der Waals surface area contributed by atoms with E-state index in [0.717, 1.165) is 6.42 Å². The quantitative estimate of drug-likeness (QED) is 0.503. The number of hydrogen-bond acceptors (Lipinski definition) is 3. The summed E-state index contributed by atoms with van der Waals surface area (Å²) in [7, 11) is -0.736. The van der Waals surface area contributed by atoms with E-state index in [9.17, 15) is 9.00 Å². The molecule has 0 radical (unpaired) electrons. The SMILES string of the molecule is CS(=O)CCCNCC(N)=O. The Bertz CT molecular complexity index is 134. The number of hydrogen-bond donors (Lipinski definition) is 2. The van der Waals surface area contributed by atoms with Crippen molar-refractivity contribution in [1.82, 2.24) is 5.32 Å². The van der Waals surface area contributed by atoms with Gasteiger partial charge in [-0.15, -0.1) is 0 Å². The zero-order valence-corrected chi connectivity index (χ0v) is 7.45. The normalized spacial score (nSPS) is 12.8. The second-order valence-corrected chi connectivity index (χ2v) is 3.83. The molecular formula is C6H14N2O2S. The van der Waals surface area contributed by atoms with Crippen LogP contribution in [0.1, 0.15) is 6.42 Å². The van der Waals surface area contributed by atoms with E-state index < -0.39 is 10.8 Å². The topological polar surface area (TPSA) is 72.2 Å². The van der Waals surface area contributed by atoms with E-state index >= 15 is 0 Å². The number of carbonyl (C=O) groups is 1. The fourth-order valence-corrected chi connectivity index (χ4v) is 1.16. The maximum atomic E-state index is 10.5. The summed E-state index contributed by atoms with van der Waals surface area (Å²) in [6.07, 6.45) is 2.48. The van der Waals surface area contributed by atoms with E-state index in [2.05, 4.69) is 5.32 Å². The van der Waals surface area contributed by atoms with Crippen LogP contribution in [0.15, 0.2) is 0 Å². The Labute approximate surface area is 69.0 Å². The van der Waals surface area contributed by atoms with Gasteiger partial charge >= 0.3 is 0 Å². The first-order valence-electron chi connectivity index (χ1n) is 3.42. The molecule has 1 amide bonds. The summed E-state index contributed by atoms with van der Waals surface area (Å²) in [5.41, 5.74) is 4.87. The first-order chi connectivity index (χ1) is 5.13. The Morgan fingerprint density at radius 3 is 2.73 bits per heavy atom. The number of amides is 1. The highest BCUT2D eigenvalue weighted by molar-refractivity contribution is 7.84. The van der Waals surface area contributed by atoms with Crippen LogP contribution in [0.2, 0.25) is 0 Å². The van der Waals surface area contributed by atoms with Crippen LogP contribution in [0.3, 0.4) is 0 Å². The van der Waals surface area contributed by atoms with E-state index in [1.807, 2.05) is 0 Å². The van der Waals surface area contributed by atoms with E-state index in [1.54, 1.807) is 6.26 Å². The Morgan fingerprint density at radius 2 is 2.27 bits per heavy atom. The van der Waals surface area contributed by atoms with E-state index in [4.69, 9.17) is 5.73 Å². The van der Waals surface area contributed by atoms with Gasteiger partial charge in [-0.05, 0) is 13.0 Å². The highest BCUT2D eigenvalue weighted by Gasteiger charge is 1.93. The van der Waals surface area contributed by atoms with Crippen LogP contribution in [-0.2, 0) is 15.6 Å². The molecule has 0 bridgehead atoms. The maximum Gasteiger partial charge on any atom is 0.231 e. The summed E-state index contributed by atoms with van der Waals surface area (Å²) in [5.74, 6) is 0.314. The van der Waals surface area contributed by atoms with Crippen LogP contribution < -0.4 is 11.1 Å². The fourth-order valence-electron chi connectivity index (χ4n) is 0.612. The minimum Gasteiger partial charge on any atom is -0.369 e. The fraction of sp³-hybridized carbons (Fsp3) is 0.833. The molecule has 0 rings (SSSR count). The first-order valence-corrected chi connectivity index (χ1v) is 5.14. The lowest BCUT2D eigenvalue weighted by molar-refractivity contribution is -0.117. The van der Waals surface area contributed by atoms with Crippen molar-refractivity contribution < 1.29 is 9.00 Å². The average Bonchev–Trinajstić information content (AvgIpc) is 1.85. The summed E-state index contributed by atoms with van der Waals surface area (Å²) in [6.45, 7) is 0.902. The molecule has 0 saturated heterocycles. The van der Waals surface area contributed by atoms with Crippen molar-refractivity contribution >= 4 is 16.7 Å². The zero-order valence-electron chi connectivity index (χ0n) is 6.63. The highest BCUT2D eigenvalue weighted by Crippen LogP contribution is 1.80. The minimum absolute atomic E-state index is 0.205. The monoisotopic (exact) mass is 178 g/mol. The molecular weight excluding hydrogens is 164 g/mol. The van der Waals surface area contributed by atoms with Gasteiger partial charge < -0.3 is 11.1 Å². The van der Waals surface area contributed by atoms with Crippen LogP contribution in [0.5, 0.6) is 0 Å². The molecule has 0 fully saturated rings. The molecule has 0 heterocycles. The Balaban J connectivity index is 3.03. The van der Waals surface area contributed by atoms with Crippen LogP contribution in [0, 0.1) is 0 Å². The second-order valence-electron chi connectivity index (χ2n) is 2.27. The lowest BCUT2D eigenvalue weighted by Crippen LogP contribution is -2.29. The molecule has 0 aliphatic carbocycles. The second kappa shape index (κ2) is 6.30. The molecule has 3 N–H and O–H groups in total. The van der Waals surface area contributed by atoms with E-state index in [0.29, 0.717) is 12.3 Å².